The molecule has 0 spiro atoms. The Kier molecular flexibility index (Phi) is 5.36. The van der Waals surface area contributed by atoms with Crippen molar-refractivity contribution in [2.45, 2.75) is 19.8 Å². The molecule has 1 amide bonds. The Bertz CT molecular complexity index is 536. The third-order valence-electron chi connectivity index (χ3n) is 2.86. The SMILES string of the molecule is CCCNC(=O)COCCc1ccc2sccc2c1. The van der Waals surface area contributed by atoms with Crippen LogP contribution in [0.3, 0.4) is 0 Å². The summed E-state index contributed by atoms with van der Waals surface area (Å²) in [5, 5.41) is 6.17. The van der Waals surface area contributed by atoms with Crippen LogP contribution < -0.4 is 5.32 Å². The van der Waals surface area contributed by atoms with Crippen LogP contribution in [0.5, 0.6) is 0 Å². The van der Waals surface area contributed by atoms with Crippen molar-refractivity contribution in [3.63, 3.8) is 0 Å². The van der Waals surface area contributed by atoms with Gasteiger partial charge in [0.25, 0.3) is 0 Å². The molecule has 0 atom stereocenters. The maximum absolute atomic E-state index is 11.3. The average Bonchev–Trinajstić information content (AvgIpc) is 2.88. The molecule has 0 saturated carbocycles. The highest BCUT2D eigenvalue weighted by Crippen LogP contribution is 2.21. The first-order chi connectivity index (χ1) is 9.29. The third kappa shape index (κ3) is 4.33. The van der Waals surface area contributed by atoms with Gasteiger partial charge in [0.05, 0.1) is 6.61 Å². The van der Waals surface area contributed by atoms with Gasteiger partial charge >= 0.3 is 0 Å². The molecule has 0 aliphatic rings. The number of carbonyl (C=O) groups excluding carboxylic acids is 1. The number of benzene rings is 1. The van der Waals surface area contributed by atoms with Crippen LogP contribution in [0.25, 0.3) is 10.1 Å². The van der Waals surface area contributed by atoms with Gasteiger partial charge in [-0.3, -0.25) is 4.79 Å². The highest BCUT2D eigenvalue weighted by Gasteiger charge is 2.01. The monoisotopic (exact) mass is 277 g/mol. The lowest BCUT2D eigenvalue weighted by Crippen LogP contribution is -2.28. The van der Waals surface area contributed by atoms with Gasteiger partial charge in [0.2, 0.25) is 5.91 Å². The van der Waals surface area contributed by atoms with E-state index in [1.54, 1.807) is 11.3 Å². The Morgan fingerprint density at radius 2 is 2.26 bits per heavy atom. The van der Waals surface area contributed by atoms with Crippen LogP contribution in [-0.4, -0.2) is 25.7 Å². The maximum atomic E-state index is 11.3. The highest BCUT2D eigenvalue weighted by molar-refractivity contribution is 7.17. The van der Waals surface area contributed by atoms with E-state index in [9.17, 15) is 4.79 Å². The van der Waals surface area contributed by atoms with Crippen LogP contribution in [0.2, 0.25) is 0 Å². The molecule has 4 heteroatoms. The molecule has 0 saturated heterocycles. The first kappa shape index (κ1) is 14.0. The average molecular weight is 277 g/mol. The van der Waals surface area contributed by atoms with E-state index >= 15 is 0 Å². The van der Waals surface area contributed by atoms with Gasteiger partial charge in [-0.2, -0.15) is 0 Å². The van der Waals surface area contributed by atoms with Crippen molar-refractivity contribution >= 4 is 27.3 Å². The number of hydrogen-bond acceptors (Lipinski definition) is 3. The predicted molar refractivity (Wildman–Crippen MR) is 79.6 cm³/mol. The Balaban J connectivity index is 1.72. The van der Waals surface area contributed by atoms with Crippen LogP contribution in [0.1, 0.15) is 18.9 Å². The fourth-order valence-corrected chi connectivity index (χ4v) is 2.61. The number of fused-ring (bicyclic) bond motifs is 1. The standard InChI is InChI=1S/C15H19NO2S/c1-2-7-16-15(17)11-18-8-5-12-3-4-14-13(10-12)6-9-19-14/h3-4,6,9-10H,2,5,7-8,11H2,1H3,(H,16,17). The minimum atomic E-state index is -0.0323. The molecule has 0 unspecified atom stereocenters. The van der Waals surface area contributed by atoms with Crippen molar-refractivity contribution in [2.75, 3.05) is 19.8 Å². The Labute approximate surface area is 117 Å². The highest BCUT2D eigenvalue weighted by atomic mass is 32.1. The van der Waals surface area contributed by atoms with Crippen molar-refractivity contribution in [1.29, 1.82) is 0 Å². The van der Waals surface area contributed by atoms with Crippen molar-refractivity contribution in [3.05, 3.63) is 35.2 Å². The zero-order valence-corrected chi connectivity index (χ0v) is 12.0. The number of carbonyl (C=O) groups is 1. The summed E-state index contributed by atoms with van der Waals surface area (Å²) >= 11 is 1.75. The normalized spacial score (nSPS) is 10.8. The van der Waals surface area contributed by atoms with Crippen molar-refractivity contribution in [3.8, 4) is 0 Å². The van der Waals surface area contributed by atoms with Crippen LogP contribution in [0.15, 0.2) is 29.6 Å². The molecule has 0 radical (unpaired) electrons. The van der Waals surface area contributed by atoms with Gasteiger partial charge in [0, 0.05) is 11.2 Å². The molecule has 3 nitrogen and oxygen atoms in total. The number of hydrogen-bond donors (Lipinski definition) is 1. The van der Waals surface area contributed by atoms with E-state index in [0.717, 1.165) is 19.4 Å². The number of amides is 1. The molecule has 1 N–H and O–H groups in total. The van der Waals surface area contributed by atoms with Crippen LogP contribution in [-0.2, 0) is 16.0 Å². The molecule has 1 aromatic heterocycles. The first-order valence-corrected chi connectivity index (χ1v) is 7.48. The smallest absolute Gasteiger partial charge is 0.245 e. The molecule has 0 aliphatic carbocycles. The minimum absolute atomic E-state index is 0.0323. The molecule has 0 aliphatic heterocycles. The van der Waals surface area contributed by atoms with Gasteiger partial charge < -0.3 is 10.1 Å². The summed E-state index contributed by atoms with van der Waals surface area (Å²) in [5.41, 5.74) is 1.25. The molecule has 102 valence electrons. The zero-order valence-electron chi connectivity index (χ0n) is 11.1. The molecular formula is C15H19NO2S. The lowest BCUT2D eigenvalue weighted by atomic mass is 10.1. The van der Waals surface area contributed by atoms with Gasteiger partial charge in [-0.1, -0.05) is 19.1 Å². The number of ether oxygens (including phenoxy) is 1. The molecule has 2 rings (SSSR count). The van der Waals surface area contributed by atoms with E-state index in [1.807, 2.05) is 6.92 Å². The summed E-state index contributed by atoms with van der Waals surface area (Å²) in [7, 11) is 0. The topological polar surface area (TPSA) is 38.3 Å². The van der Waals surface area contributed by atoms with E-state index in [4.69, 9.17) is 4.74 Å². The second kappa shape index (κ2) is 7.26. The van der Waals surface area contributed by atoms with Crippen molar-refractivity contribution in [2.24, 2.45) is 0 Å². The zero-order chi connectivity index (χ0) is 13.5. The Morgan fingerprint density at radius 3 is 3.11 bits per heavy atom. The molecule has 1 heterocycles. The second-order valence-electron chi connectivity index (χ2n) is 4.45. The summed E-state index contributed by atoms with van der Waals surface area (Å²) in [6.45, 7) is 3.48. The lowest BCUT2D eigenvalue weighted by molar-refractivity contribution is -0.125. The van der Waals surface area contributed by atoms with Gasteiger partial charge in [0.1, 0.15) is 6.61 Å². The lowest BCUT2D eigenvalue weighted by Gasteiger charge is -2.05. The maximum Gasteiger partial charge on any atom is 0.245 e. The van der Waals surface area contributed by atoms with E-state index in [0.29, 0.717) is 6.61 Å². The summed E-state index contributed by atoms with van der Waals surface area (Å²) < 4.78 is 6.69. The minimum Gasteiger partial charge on any atom is -0.371 e. The van der Waals surface area contributed by atoms with Crippen molar-refractivity contribution in [1.82, 2.24) is 5.32 Å². The van der Waals surface area contributed by atoms with Crippen LogP contribution in [0.4, 0.5) is 0 Å². The van der Waals surface area contributed by atoms with Gasteiger partial charge in [-0.15, -0.1) is 11.3 Å². The van der Waals surface area contributed by atoms with Gasteiger partial charge in [0.15, 0.2) is 0 Å². The molecule has 2 aromatic rings. The summed E-state index contributed by atoms with van der Waals surface area (Å²) in [5.74, 6) is -0.0323. The van der Waals surface area contributed by atoms with Crippen molar-refractivity contribution < 1.29 is 9.53 Å². The molecule has 19 heavy (non-hydrogen) atoms. The Morgan fingerprint density at radius 1 is 1.37 bits per heavy atom. The number of rotatable bonds is 7. The Hall–Kier alpha value is -1.39. The van der Waals surface area contributed by atoms with Gasteiger partial charge in [-0.25, -0.2) is 0 Å². The summed E-state index contributed by atoms with van der Waals surface area (Å²) in [4.78, 5) is 11.3. The van der Waals surface area contributed by atoms with Crippen LogP contribution in [0, 0.1) is 0 Å². The summed E-state index contributed by atoms with van der Waals surface area (Å²) in [6, 6.07) is 8.58. The van der Waals surface area contributed by atoms with Crippen LogP contribution >= 0.6 is 11.3 Å². The summed E-state index contributed by atoms with van der Waals surface area (Å²) in [6.07, 6.45) is 1.79. The molecule has 1 aromatic carbocycles. The quantitative estimate of drug-likeness (QED) is 0.790. The largest absolute Gasteiger partial charge is 0.371 e. The second-order valence-corrected chi connectivity index (χ2v) is 5.39. The van der Waals surface area contributed by atoms with E-state index in [2.05, 4.69) is 35.0 Å². The fraction of sp³-hybridized carbons (Fsp3) is 0.400. The molecule has 0 fully saturated rings. The van der Waals surface area contributed by atoms with E-state index in [1.165, 1.54) is 15.6 Å². The fourth-order valence-electron chi connectivity index (χ4n) is 1.84. The number of thiophene rings is 1. The third-order valence-corrected chi connectivity index (χ3v) is 3.76. The predicted octanol–water partition coefficient (Wildman–Crippen LogP) is 2.99. The molecular weight excluding hydrogens is 258 g/mol. The first-order valence-electron chi connectivity index (χ1n) is 6.60. The van der Waals surface area contributed by atoms with E-state index < -0.39 is 0 Å². The van der Waals surface area contributed by atoms with Gasteiger partial charge in [-0.05, 0) is 41.3 Å². The molecule has 0 bridgehead atoms. The number of nitrogens with one attached hydrogen (secondary N) is 1. The van der Waals surface area contributed by atoms with E-state index in [-0.39, 0.29) is 12.5 Å².